The second-order valence-corrected chi connectivity index (χ2v) is 6.78. The van der Waals surface area contributed by atoms with Crippen LogP contribution < -0.4 is 0 Å². The Morgan fingerprint density at radius 2 is 2.20 bits per heavy atom. The molecule has 0 aliphatic rings. The average molecular weight is 289 g/mol. The summed E-state index contributed by atoms with van der Waals surface area (Å²) in [5, 5.41) is 0. The smallest absolute Gasteiger partial charge is 0.144 e. The predicted molar refractivity (Wildman–Crippen MR) is 67.4 cm³/mol. The van der Waals surface area contributed by atoms with Crippen molar-refractivity contribution in [2.75, 3.05) is 0 Å². The summed E-state index contributed by atoms with van der Waals surface area (Å²) in [6.45, 7) is 5.67. The van der Waals surface area contributed by atoms with Crippen molar-refractivity contribution in [3.8, 4) is 0 Å². The summed E-state index contributed by atoms with van der Waals surface area (Å²) in [6.07, 6.45) is 4.96. The van der Waals surface area contributed by atoms with Crippen molar-refractivity contribution in [1.29, 1.82) is 0 Å². The molecule has 0 aliphatic heterocycles. The van der Waals surface area contributed by atoms with Gasteiger partial charge in [0, 0.05) is 28.6 Å². The van der Waals surface area contributed by atoms with E-state index in [2.05, 4.69) is 25.3 Å². The van der Waals surface area contributed by atoms with Gasteiger partial charge in [-0.05, 0) is 42.8 Å². The third kappa shape index (κ3) is 3.83. The number of rotatable bonds is 2. The van der Waals surface area contributed by atoms with E-state index in [1.54, 1.807) is 18.6 Å². The predicted octanol–water partition coefficient (Wildman–Crippen LogP) is 2.73. The van der Waals surface area contributed by atoms with Gasteiger partial charge in [-0.1, -0.05) is 0 Å². The zero-order chi connectivity index (χ0) is 11.5. The molecule has 3 nitrogen and oxygen atoms in total. The highest BCUT2D eigenvalue weighted by Crippen LogP contribution is 2.15. The second-order valence-electron chi connectivity index (χ2n) is 3.99. The van der Waals surface area contributed by atoms with E-state index in [1.165, 1.54) is 0 Å². The Kier molecular flexibility index (Phi) is 4.16. The van der Waals surface area contributed by atoms with Crippen LogP contribution in [0.4, 0.5) is 0 Å². The van der Waals surface area contributed by atoms with Crippen LogP contribution in [0.5, 0.6) is 0 Å². The largest absolute Gasteiger partial charge is 0.264 e. The molecule has 0 radical (unpaired) electrons. The number of pyridine rings is 1. The van der Waals surface area contributed by atoms with E-state index < -0.39 is 11.0 Å². The van der Waals surface area contributed by atoms with Crippen molar-refractivity contribution in [2.24, 2.45) is 4.40 Å². The van der Waals surface area contributed by atoms with Gasteiger partial charge >= 0.3 is 0 Å². The van der Waals surface area contributed by atoms with Crippen molar-refractivity contribution in [1.82, 2.24) is 4.98 Å². The molecule has 82 valence electrons. The van der Waals surface area contributed by atoms with Gasteiger partial charge in [0.2, 0.25) is 0 Å². The SMILES string of the molecule is CC(C)(C)[S@](=O)N=Cc1ccncc1Br. The Balaban J connectivity index is 2.84. The van der Waals surface area contributed by atoms with Crippen molar-refractivity contribution in [3.05, 3.63) is 28.5 Å². The first-order valence-electron chi connectivity index (χ1n) is 4.47. The summed E-state index contributed by atoms with van der Waals surface area (Å²) in [7, 11) is -1.22. The third-order valence-corrected chi connectivity index (χ3v) is 3.62. The standard InChI is InChI=1S/C10H13BrN2OS/c1-10(2,3)15(14)13-6-8-4-5-12-7-9(8)11/h4-7H,1-3H3/t15-/m0/s1. The van der Waals surface area contributed by atoms with Gasteiger partial charge in [0.1, 0.15) is 11.0 Å². The van der Waals surface area contributed by atoms with E-state index in [0.717, 1.165) is 10.0 Å². The number of aromatic nitrogens is 1. The number of hydrogen-bond acceptors (Lipinski definition) is 2. The molecule has 15 heavy (non-hydrogen) atoms. The van der Waals surface area contributed by atoms with Crippen molar-refractivity contribution >= 4 is 33.1 Å². The van der Waals surface area contributed by atoms with E-state index in [1.807, 2.05) is 26.8 Å². The van der Waals surface area contributed by atoms with Gasteiger partial charge in [0.15, 0.2) is 0 Å². The molecule has 0 fully saturated rings. The maximum Gasteiger partial charge on any atom is 0.144 e. The van der Waals surface area contributed by atoms with Crippen LogP contribution in [0.2, 0.25) is 0 Å². The van der Waals surface area contributed by atoms with Crippen LogP contribution in [0.15, 0.2) is 27.3 Å². The second kappa shape index (κ2) is 4.99. The summed E-state index contributed by atoms with van der Waals surface area (Å²) in [5.74, 6) is 0. The highest BCUT2D eigenvalue weighted by molar-refractivity contribution is 9.10. The first-order valence-corrected chi connectivity index (χ1v) is 6.37. The summed E-state index contributed by atoms with van der Waals surface area (Å²) < 4.78 is 16.2. The minimum absolute atomic E-state index is 0.323. The van der Waals surface area contributed by atoms with Crippen LogP contribution >= 0.6 is 15.9 Å². The molecule has 0 aliphatic carbocycles. The molecule has 5 heteroatoms. The van der Waals surface area contributed by atoms with Gasteiger partial charge in [-0.3, -0.25) is 4.98 Å². The number of halogens is 1. The van der Waals surface area contributed by atoms with E-state index in [0.29, 0.717) is 0 Å². The molecule has 1 aromatic heterocycles. The quantitative estimate of drug-likeness (QED) is 0.786. The molecule has 0 amide bonds. The molecule has 0 saturated heterocycles. The lowest BCUT2D eigenvalue weighted by Gasteiger charge is -2.12. The van der Waals surface area contributed by atoms with Crippen LogP contribution in [0.1, 0.15) is 26.3 Å². The molecule has 1 rings (SSSR count). The topological polar surface area (TPSA) is 42.3 Å². The minimum atomic E-state index is -1.22. The summed E-state index contributed by atoms with van der Waals surface area (Å²) in [6, 6.07) is 1.81. The van der Waals surface area contributed by atoms with Crippen molar-refractivity contribution in [2.45, 2.75) is 25.5 Å². The fourth-order valence-electron chi connectivity index (χ4n) is 0.753. The number of hydrogen-bond donors (Lipinski definition) is 0. The lowest BCUT2D eigenvalue weighted by molar-refractivity contribution is 0.651. The van der Waals surface area contributed by atoms with Crippen molar-refractivity contribution in [3.63, 3.8) is 0 Å². The molecule has 1 heterocycles. The Morgan fingerprint density at radius 3 is 2.73 bits per heavy atom. The lowest BCUT2D eigenvalue weighted by atomic mass is 10.3. The van der Waals surface area contributed by atoms with Crippen LogP contribution in [0, 0.1) is 0 Å². The van der Waals surface area contributed by atoms with E-state index in [9.17, 15) is 4.21 Å². The molecule has 0 saturated carbocycles. The van der Waals surface area contributed by atoms with Crippen LogP contribution in [0.25, 0.3) is 0 Å². The molecule has 0 aromatic carbocycles. The summed E-state index contributed by atoms with van der Waals surface area (Å²) in [5.41, 5.74) is 0.877. The average Bonchev–Trinajstić information content (AvgIpc) is 2.14. The lowest BCUT2D eigenvalue weighted by Crippen LogP contribution is -2.19. The van der Waals surface area contributed by atoms with Gasteiger partial charge in [0.05, 0.1) is 4.75 Å². The van der Waals surface area contributed by atoms with E-state index in [-0.39, 0.29) is 4.75 Å². The van der Waals surface area contributed by atoms with Crippen LogP contribution in [-0.2, 0) is 11.0 Å². The highest BCUT2D eigenvalue weighted by Gasteiger charge is 2.18. The van der Waals surface area contributed by atoms with Crippen molar-refractivity contribution < 1.29 is 4.21 Å². The van der Waals surface area contributed by atoms with Gasteiger partial charge < -0.3 is 0 Å². The fourth-order valence-corrected chi connectivity index (χ4v) is 1.63. The summed E-state index contributed by atoms with van der Waals surface area (Å²) >= 11 is 3.34. The normalized spacial score (nSPS) is 14.4. The molecular weight excluding hydrogens is 276 g/mol. The highest BCUT2D eigenvalue weighted by atomic mass is 79.9. The fraction of sp³-hybridized carbons (Fsp3) is 0.400. The van der Waals surface area contributed by atoms with Gasteiger partial charge in [0.25, 0.3) is 0 Å². The molecule has 1 atom stereocenters. The monoisotopic (exact) mass is 288 g/mol. The zero-order valence-corrected chi connectivity index (χ0v) is 11.3. The van der Waals surface area contributed by atoms with Gasteiger partial charge in [-0.2, -0.15) is 4.40 Å². The molecule has 0 unspecified atom stereocenters. The molecule has 0 spiro atoms. The van der Waals surface area contributed by atoms with Gasteiger partial charge in [-0.25, -0.2) is 4.21 Å². The molecular formula is C10H13BrN2OS. The maximum atomic E-state index is 11.6. The Labute approximate surface area is 101 Å². The van der Waals surface area contributed by atoms with E-state index in [4.69, 9.17) is 0 Å². The Morgan fingerprint density at radius 1 is 1.53 bits per heavy atom. The summed E-state index contributed by atoms with van der Waals surface area (Å²) in [4.78, 5) is 3.94. The zero-order valence-electron chi connectivity index (χ0n) is 8.90. The molecule has 0 bridgehead atoms. The first kappa shape index (κ1) is 12.5. The molecule has 1 aromatic rings. The minimum Gasteiger partial charge on any atom is -0.264 e. The van der Waals surface area contributed by atoms with Gasteiger partial charge in [-0.15, -0.1) is 0 Å². The third-order valence-electron chi connectivity index (χ3n) is 1.62. The van der Waals surface area contributed by atoms with E-state index >= 15 is 0 Å². The Bertz CT molecular complexity index is 399. The Hall–Kier alpha value is -0.550. The molecule has 0 N–H and O–H groups in total. The van der Waals surface area contributed by atoms with Crippen LogP contribution in [-0.4, -0.2) is 20.2 Å². The number of nitrogens with zero attached hydrogens (tertiary/aromatic N) is 2. The van der Waals surface area contributed by atoms with Crippen LogP contribution in [0.3, 0.4) is 0 Å². The maximum absolute atomic E-state index is 11.6. The first-order chi connectivity index (χ1) is 6.91.